The summed E-state index contributed by atoms with van der Waals surface area (Å²) in [6.45, 7) is -0.598. The van der Waals surface area contributed by atoms with E-state index in [4.69, 9.17) is 20.3 Å². The first-order valence-electron chi connectivity index (χ1n) is 8.65. The second kappa shape index (κ2) is 8.21. The fourth-order valence-corrected chi connectivity index (χ4v) is 4.18. The van der Waals surface area contributed by atoms with Gasteiger partial charge in [-0.15, -0.1) is 0 Å². The summed E-state index contributed by atoms with van der Waals surface area (Å²) in [6, 6.07) is 7.22. The van der Waals surface area contributed by atoms with Gasteiger partial charge in [0.2, 0.25) is 0 Å². The summed E-state index contributed by atoms with van der Waals surface area (Å²) in [4.78, 5) is 31.3. The molecular weight excluding hydrogens is 437 g/mol. The number of phosphoric acid groups is 1. The van der Waals surface area contributed by atoms with Crippen LogP contribution in [0.3, 0.4) is 0 Å². The van der Waals surface area contributed by atoms with Gasteiger partial charge in [-0.05, 0) is 24.3 Å². The van der Waals surface area contributed by atoms with Crippen LogP contribution in [0.4, 0.5) is 5.69 Å². The topological polar surface area (TPSA) is 186 Å². The molecule has 0 bridgehead atoms. The van der Waals surface area contributed by atoms with Gasteiger partial charge in [0.1, 0.15) is 35.2 Å². The van der Waals surface area contributed by atoms with Gasteiger partial charge in [-0.25, -0.2) is 19.5 Å². The zero-order valence-electron chi connectivity index (χ0n) is 15.2. The van der Waals surface area contributed by atoms with E-state index in [1.807, 2.05) is 12.1 Å². The summed E-state index contributed by atoms with van der Waals surface area (Å²) in [7, 11) is -4.75. The molecule has 160 valence electrons. The van der Waals surface area contributed by atoms with Crippen molar-refractivity contribution in [2.45, 2.75) is 34.5 Å². The number of hydrogen-bond donors (Lipinski definition) is 5. The molecule has 0 aliphatic carbocycles. The number of aliphatic hydroxyl groups excluding tert-OH is 2. The highest BCUT2D eigenvalue weighted by Gasteiger charge is 2.45. The van der Waals surface area contributed by atoms with Crippen molar-refractivity contribution in [2.75, 3.05) is 12.3 Å². The van der Waals surface area contributed by atoms with Gasteiger partial charge in [-0.2, -0.15) is 0 Å². The molecule has 14 heteroatoms. The minimum atomic E-state index is -4.75. The highest BCUT2D eigenvalue weighted by molar-refractivity contribution is 7.99. The molecule has 1 aliphatic rings. The van der Waals surface area contributed by atoms with Gasteiger partial charge >= 0.3 is 7.82 Å². The van der Waals surface area contributed by atoms with E-state index >= 15 is 0 Å². The molecule has 0 unspecified atom stereocenters. The quantitative estimate of drug-likeness (QED) is 0.195. The molecule has 1 saturated heterocycles. The highest BCUT2D eigenvalue weighted by atomic mass is 32.2. The molecule has 4 atom stereocenters. The van der Waals surface area contributed by atoms with Crippen LogP contribution < -0.4 is 5.73 Å². The Morgan fingerprint density at radius 3 is 2.60 bits per heavy atom. The van der Waals surface area contributed by atoms with Gasteiger partial charge in [0.15, 0.2) is 11.9 Å². The SMILES string of the molecule is Nc1ccc(Sc2ncnc3c2ncn3[C@@H]2O[C@H](COP(=O)(O)O)[C@@H](O)[C@H]2O)cc1. The first-order chi connectivity index (χ1) is 14.2. The molecule has 0 saturated carbocycles. The van der Waals surface area contributed by atoms with Crippen LogP contribution in [0.2, 0.25) is 0 Å². The number of nitrogens with two attached hydrogens (primary N) is 1. The Balaban J connectivity index is 1.59. The number of hydrogen-bond acceptors (Lipinski definition) is 10. The summed E-state index contributed by atoms with van der Waals surface area (Å²) in [5.41, 5.74) is 7.16. The molecule has 1 aromatic carbocycles. The number of ether oxygens (including phenoxy) is 1. The van der Waals surface area contributed by atoms with Gasteiger partial charge in [0, 0.05) is 10.6 Å². The molecule has 12 nitrogen and oxygen atoms in total. The lowest BCUT2D eigenvalue weighted by Gasteiger charge is -2.16. The Kier molecular flexibility index (Phi) is 5.79. The molecule has 30 heavy (non-hydrogen) atoms. The van der Waals surface area contributed by atoms with Crippen molar-refractivity contribution in [1.82, 2.24) is 19.5 Å². The largest absolute Gasteiger partial charge is 0.469 e. The number of rotatable bonds is 6. The predicted octanol–water partition coefficient (Wildman–Crippen LogP) is 0.288. The Labute approximate surface area is 173 Å². The van der Waals surface area contributed by atoms with E-state index in [1.165, 1.54) is 29.0 Å². The number of nitrogens with zero attached hydrogens (tertiary/aromatic N) is 4. The van der Waals surface area contributed by atoms with E-state index in [9.17, 15) is 14.8 Å². The maximum absolute atomic E-state index is 10.9. The monoisotopic (exact) mass is 455 g/mol. The molecule has 1 aliphatic heterocycles. The number of aliphatic hydroxyl groups is 2. The highest BCUT2D eigenvalue weighted by Crippen LogP contribution is 2.39. The van der Waals surface area contributed by atoms with Crippen molar-refractivity contribution in [3.05, 3.63) is 36.9 Å². The molecule has 6 N–H and O–H groups in total. The molecule has 0 amide bonds. The van der Waals surface area contributed by atoms with Crippen LogP contribution in [0, 0.1) is 0 Å². The van der Waals surface area contributed by atoms with Crippen molar-refractivity contribution in [3.8, 4) is 0 Å². The van der Waals surface area contributed by atoms with Gasteiger partial charge in [-0.3, -0.25) is 9.09 Å². The minimum Gasteiger partial charge on any atom is -0.399 e. The molecule has 3 aromatic rings. The van der Waals surface area contributed by atoms with Crippen molar-refractivity contribution < 1.29 is 33.8 Å². The van der Waals surface area contributed by atoms with Gasteiger partial charge in [0.05, 0.1) is 12.9 Å². The zero-order valence-corrected chi connectivity index (χ0v) is 16.9. The van der Waals surface area contributed by atoms with Gasteiger partial charge in [-0.1, -0.05) is 11.8 Å². The van der Waals surface area contributed by atoms with Crippen molar-refractivity contribution >= 4 is 36.4 Å². The summed E-state index contributed by atoms with van der Waals surface area (Å²) in [5, 5.41) is 21.1. The lowest BCUT2D eigenvalue weighted by Crippen LogP contribution is -2.33. The lowest BCUT2D eigenvalue weighted by molar-refractivity contribution is -0.0504. The average Bonchev–Trinajstić information content (AvgIpc) is 3.24. The van der Waals surface area contributed by atoms with Crippen LogP contribution in [-0.2, 0) is 13.8 Å². The number of aromatic nitrogens is 4. The van der Waals surface area contributed by atoms with Crippen LogP contribution in [0.1, 0.15) is 6.23 Å². The van der Waals surface area contributed by atoms with E-state index < -0.39 is 39.0 Å². The number of imidazole rings is 1. The molecule has 0 radical (unpaired) electrons. The van der Waals surface area contributed by atoms with Crippen molar-refractivity contribution in [1.29, 1.82) is 0 Å². The number of benzene rings is 1. The van der Waals surface area contributed by atoms with E-state index in [1.54, 1.807) is 12.1 Å². The second-order valence-corrected chi connectivity index (χ2v) is 8.81. The maximum atomic E-state index is 10.9. The smallest absolute Gasteiger partial charge is 0.399 e. The average molecular weight is 455 g/mol. The van der Waals surface area contributed by atoms with Crippen LogP contribution in [0.15, 0.2) is 46.8 Å². The number of fused-ring (bicyclic) bond motifs is 1. The normalized spacial score (nSPS) is 24.5. The van der Waals surface area contributed by atoms with E-state index in [2.05, 4.69) is 19.5 Å². The minimum absolute atomic E-state index is 0.357. The van der Waals surface area contributed by atoms with Crippen LogP contribution in [0.25, 0.3) is 11.2 Å². The number of phosphoric ester groups is 1. The Bertz CT molecular complexity index is 1090. The number of anilines is 1. The summed E-state index contributed by atoms with van der Waals surface area (Å²) < 4.78 is 22.3. The third-order valence-electron chi connectivity index (χ3n) is 4.44. The second-order valence-electron chi connectivity index (χ2n) is 6.51. The molecule has 4 rings (SSSR count). The first kappa shape index (κ1) is 21.2. The Hall–Kier alpha value is -2.09. The maximum Gasteiger partial charge on any atom is 0.469 e. The predicted molar refractivity (Wildman–Crippen MR) is 104 cm³/mol. The van der Waals surface area contributed by atoms with E-state index in [0.717, 1.165) is 4.90 Å². The summed E-state index contributed by atoms with van der Waals surface area (Å²) in [6.07, 6.45) is -2.33. The summed E-state index contributed by atoms with van der Waals surface area (Å²) in [5.74, 6) is 0. The first-order valence-corrected chi connectivity index (χ1v) is 11.0. The Morgan fingerprint density at radius 1 is 1.17 bits per heavy atom. The third-order valence-corrected chi connectivity index (χ3v) is 5.92. The molecular formula is C16H18N5O7PS. The molecule has 0 spiro atoms. The lowest BCUT2D eigenvalue weighted by atomic mass is 10.1. The van der Waals surface area contributed by atoms with Crippen LogP contribution >= 0.6 is 19.6 Å². The molecule has 1 fully saturated rings. The fourth-order valence-electron chi connectivity index (χ4n) is 3.01. The molecule has 2 aromatic heterocycles. The van der Waals surface area contributed by atoms with Gasteiger partial charge in [0.25, 0.3) is 0 Å². The third kappa shape index (κ3) is 4.33. The summed E-state index contributed by atoms with van der Waals surface area (Å²) >= 11 is 1.35. The molecule has 3 heterocycles. The standard InChI is InChI=1S/C16H18N5O7PS/c17-8-1-3-9(4-2-8)30-15-11-14(18-6-19-15)21(7-20-11)16-13(23)12(22)10(28-16)5-27-29(24,25)26/h1-4,6-7,10,12-13,16,22-23H,5,17H2,(H2,24,25,26)/t10-,12-,13-,16-/m1/s1. The Morgan fingerprint density at radius 2 is 1.90 bits per heavy atom. The number of nitrogen functional groups attached to an aromatic ring is 1. The van der Waals surface area contributed by atoms with E-state index in [0.29, 0.717) is 21.9 Å². The van der Waals surface area contributed by atoms with E-state index in [-0.39, 0.29) is 0 Å². The fraction of sp³-hybridized carbons (Fsp3) is 0.312. The van der Waals surface area contributed by atoms with Crippen LogP contribution in [-0.4, -0.2) is 64.4 Å². The van der Waals surface area contributed by atoms with Crippen molar-refractivity contribution in [3.63, 3.8) is 0 Å². The van der Waals surface area contributed by atoms with Crippen molar-refractivity contribution in [2.24, 2.45) is 0 Å². The van der Waals surface area contributed by atoms with Crippen LogP contribution in [0.5, 0.6) is 0 Å². The van der Waals surface area contributed by atoms with Gasteiger partial charge < -0.3 is 30.5 Å². The zero-order chi connectivity index (χ0) is 21.5.